The topological polar surface area (TPSA) is 43.8 Å². The number of hydrogen-bond acceptors (Lipinski definition) is 2. The zero-order valence-electron chi connectivity index (χ0n) is 11.5. The Morgan fingerprint density at radius 1 is 1.42 bits per heavy atom. The van der Waals surface area contributed by atoms with Gasteiger partial charge in [-0.1, -0.05) is 6.07 Å². The van der Waals surface area contributed by atoms with E-state index < -0.39 is 0 Å². The van der Waals surface area contributed by atoms with Crippen LogP contribution < -0.4 is 5.73 Å². The average molecular weight is 261 g/mol. The monoisotopic (exact) mass is 261 g/mol. The molecule has 0 spiro atoms. The molecular weight excluding hydrogens is 241 g/mol. The Bertz CT molecular complexity index is 611. The molecule has 3 nitrogen and oxygen atoms in total. The molecule has 1 fully saturated rings. The molecule has 1 aromatic heterocycles. The van der Waals surface area contributed by atoms with Gasteiger partial charge in [0, 0.05) is 18.0 Å². The van der Waals surface area contributed by atoms with Crippen molar-refractivity contribution in [2.75, 3.05) is 0 Å². The second kappa shape index (κ2) is 4.30. The number of rotatable bonds is 3. The molecule has 4 heteroatoms. The molecule has 19 heavy (non-hydrogen) atoms. The summed E-state index contributed by atoms with van der Waals surface area (Å²) in [7, 11) is 0. The summed E-state index contributed by atoms with van der Waals surface area (Å²) in [4.78, 5) is 4.51. The number of fused-ring (bicyclic) bond motifs is 1. The maximum Gasteiger partial charge on any atom is 0.151 e. The van der Waals surface area contributed by atoms with Gasteiger partial charge in [0.05, 0.1) is 5.52 Å². The number of nitrogens with two attached hydrogens (primary N) is 1. The van der Waals surface area contributed by atoms with Gasteiger partial charge in [-0.3, -0.25) is 0 Å². The van der Waals surface area contributed by atoms with Crippen molar-refractivity contribution >= 4 is 11.0 Å². The summed E-state index contributed by atoms with van der Waals surface area (Å²) in [6.07, 6.45) is 4.00. The van der Waals surface area contributed by atoms with Gasteiger partial charge in [0.1, 0.15) is 11.3 Å². The van der Waals surface area contributed by atoms with Gasteiger partial charge in [0.2, 0.25) is 0 Å². The number of halogens is 1. The third kappa shape index (κ3) is 2.04. The van der Waals surface area contributed by atoms with Crippen molar-refractivity contribution in [1.82, 2.24) is 9.55 Å². The molecule has 0 radical (unpaired) electrons. The molecule has 1 aromatic carbocycles. The predicted molar refractivity (Wildman–Crippen MR) is 74.5 cm³/mol. The quantitative estimate of drug-likeness (QED) is 0.922. The van der Waals surface area contributed by atoms with Gasteiger partial charge < -0.3 is 10.3 Å². The van der Waals surface area contributed by atoms with Crippen LogP contribution >= 0.6 is 0 Å². The molecule has 1 aliphatic rings. The zero-order chi connectivity index (χ0) is 13.6. The fraction of sp³-hybridized carbons (Fsp3) is 0.533. The van der Waals surface area contributed by atoms with Crippen LogP contribution in [-0.2, 0) is 6.42 Å². The van der Waals surface area contributed by atoms with Crippen molar-refractivity contribution in [2.45, 2.75) is 51.1 Å². The molecule has 0 saturated heterocycles. The molecule has 0 atom stereocenters. The Labute approximate surface area is 112 Å². The zero-order valence-corrected chi connectivity index (χ0v) is 11.5. The lowest BCUT2D eigenvalue weighted by Crippen LogP contribution is -2.49. The van der Waals surface area contributed by atoms with Crippen LogP contribution in [0.15, 0.2) is 18.2 Å². The Kier molecular flexibility index (Phi) is 2.86. The van der Waals surface area contributed by atoms with Crippen LogP contribution in [0.2, 0.25) is 0 Å². The molecule has 0 amide bonds. The first-order valence-corrected chi connectivity index (χ1v) is 6.94. The normalized spacial score (nSPS) is 17.9. The van der Waals surface area contributed by atoms with Crippen LogP contribution in [0.25, 0.3) is 11.0 Å². The van der Waals surface area contributed by atoms with Crippen molar-refractivity contribution in [3.8, 4) is 0 Å². The van der Waals surface area contributed by atoms with Crippen LogP contribution in [0, 0.1) is 5.82 Å². The standard InChI is InChI=1S/C15H20FN3/c1-10(2)19-12-6-3-5-11(16)14(12)18-13(19)9-15(17)7-4-8-15/h3,5-6,10H,4,7-9,17H2,1-2H3. The minimum Gasteiger partial charge on any atom is -0.325 e. The maximum atomic E-state index is 13.9. The lowest BCUT2D eigenvalue weighted by atomic mass is 9.75. The summed E-state index contributed by atoms with van der Waals surface area (Å²) in [6, 6.07) is 5.39. The van der Waals surface area contributed by atoms with Crippen LogP contribution in [0.5, 0.6) is 0 Å². The molecule has 2 N–H and O–H groups in total. The highest BCUT2D eigenvalue weighted by atomic mass is 19.1. The fourth-order valence-electron chi connectivity index (χ4n) is 2.95. The number of aromatic nitrogens is 2. The number of imidazole rings is 1. The first kappa shape index (κ1) is 12.6. The van der Waals surface area contributed by atoms with Crippen molar-refractivity contribution in [2.24, 2.45) is 5.73 Å². The second-order valence-corrected chi connectivity index (χ2v) is 5.99. The van der Waals surface area contributed by atoms with Gasteiger partial charge in [-0.15, -0.1) is 0 Å². The third-order valence-electron chi connectivity index (χ3n) is 4.12. The minimum absolute atomic E-state index is 0.134. The Morgan fingerprint density at radius 3 is 2.74 bits per heavy atom. The lowest BCUT2D eigenvalue weighted by Gasteiger charge is -2.38. The van der Waals surface area contributed by atoms with E-state index in [2.05, 4.69) is 23.4 Å². The first-order chi connectivity index (χ1) is 9.00. The number of benzene rings is 1. The molecule has 102 valence electrons. The van der Waals surface area contributed by atoms with Gasteiger partial charge >= 0.3 is 0 Å². The van der Waals surface area contributed by atoms with E-state index in [1.807, 2.05) is 6.07 Å². The van der Waals surface area contributed by atoms with Crippen molar-refractivity contribution in [3.05, 3.63) is 29.8 Å². The van der Waals surface area contributed by atoms with Gasteiger partial charge in [-0.2, -0.15) is 0 Å². The van der Waals surface area contributed by atoms with E-state index in [9.17, 15) is 4.39 Å². The molecule has 1 aliphatic carbocycles. The van der Waals surface area contributed by atoms with E-state index in [0.717, 1.165) is 30.6 Å². The molecule has 0 bridgehead atoms. The summed E-state index contributed by atoms with van der Waals surface area (Å²) < 4.78 is 16.0. The summed E-state index contributed by atoms with van der Waals surface area (Å²) in [5.74, 6) is 0.662. The van der Waals surface area contributed by atoms with E-state index in [-0.39, 0.29) is 17.4 Å². The van der Waals surface area contributed by atoms with Crippen molar-refractivity contribution in [3.63, 3.8) is 0 Å². The largest absolute Gasteiger partial charge is 0.325 e. The Morgan fingerprint density at radius 2 is 2.16 bits per heavy atom. The van der Waals surface area contributed by atoms with E-state index >= 15 is 0 Å². The summed E-state index contributed by atoms with van der Waals surface area (Å²) in [5.41, 5.74) is 7.52. The SMILES string of the molecule is CC(C)n1c(CC2(N)CCC2)nc2c(F)cccc21. The van der Waals surface area contributed by atoms with Gasteiger partial charge in [-0.25, -0.2) is 9.37 Å². The summed E-state index contributed by atoms with van der Waals surface area (Å²) in [6.45, 7) is 4.19. The fourth-order valence-corrected chi connectivity index (χ4v) is 2.95. The highest BCUT2D eigenvalue weighted by Gasteiger charge is 2.34. The van der Waals surface area contributed by atoms with Gasteiger partial charge in [0.15, 0.2) is 5.82 Å². The van der Waals surface area contributed by atoms with E-state index in [1.54, 1.807) is 6.07 Å². The predicted octanol–water partition coefficient (Wildman–Crippen LogP) is 3.18. The first-order valence-electron chi connectivity index (χ1n) is 6.94. The van der Waals surface area contributed by atoms with Crippen molar-refractivity contribution < 1.29 is 4.39 Å². The second-order valence-electron chi connectivity index (χ2n) is 5.99. The molecule has 0 aliphatic heterocycles. The highest BCUT2D eigenvalue weighted by Crippen LogP contribution is 2.34. The third-order valence-corrected chi connectivity index (χ3v) is 4.12. The number of hydrogen-bond donors (Lipinski definition) is 1. The highest BCUT2D eigenvalue weighted by molar-refractivity contribution is 5.76. The summed E-state index contributed by atoms with van der Waals surface area (Å²) >= 11 is 0. The minimum atomic E-state index is -0.252. The molecular formula is C15H20FN3. The molecule has 2 aromatic rings. The molecule has 1 heterocycles. The Hall–Kier alpha value is -1.42. The van der Waals surface area contributed by atoms with Crippen LogP contribution in [0.1, 0.15) is 45.0 Å². The number of para-hydroxylation sites is 1. The van der Waals surface area contributed by atoms with E-state index in [1.165, 1.54) is 12.5 Å². The number of nitrogens with zero attached hydrogens (tertiary/aromatic N) is 2. The molecule has 1 saturated carbocycles. The lowest BCUT2D eigenvalue weighted by molar-refractivity contribution is 0.240. The maximum absolute atomic E-state index is 13.9. The van der Waals surface area contributed by atoms with Crippen LogP contribution in [0.3, 0.4) is 0 Å². The van der Waals surface area contributed by atoms with E-state index in [4.69, 9.17) is 5.73 Å². The summed E-state index contributed by atoms with van der Waals surface area (Å²) in [5, 5.41) is 0. The van der Waals surface area contributed by atoms with Crippen molar-refractivity contribution in [1.29, 1.82) is 0 Å². The smallest absolute Gasteiger partial charge is 0.151 e. The average Bonchev–Trinajstić information content (AvgIpc) is 2.66. The molecule has 0 unspecified atom stereocenters. The molecule has 3 rings (SSSR count). The Balaban J connectivity index is 2.12. The van der Waals surface area contributed by atoms with Gasteiger partial charge in [-0.05, 0) is 45.2 Å². The van der Waals surface area contributed by atoms with Gasteiger partial charge in [0.25, 0.3) is 0 Å². The van der Waals surface area contributed by atoms with Crippen LogP contribution in [-0.4, -0.2) is 15.1 Å². The van der Waals surface area contributed by atoms with E-state index in [0.29, 0.717) is 5.52 Å². The van der Waals surface area contributed by atoms with Crippen LogP contribution in [0.4, 0.5) is 4.39 Å².